The average molecular weight is 281 g/mol. The van der Waals surface area contributed by atoms with Crippen LogP contribution in [-0.4, -0.2) is 54.1 Å². The third-order valence-corrected chi connectivity index (χ3v) is 4.86. The zero-order chi connectivity index (χ0) is 14.5. The Balaban J connectivity index is 1.90. The average Bonchev–Trinajstić information content (AvgIpc) is 3.03. The molecule has 20 heavy (non-hydrogen) atoms. The lowest BCUT2D eigenvalue weighted by molar-refractivity contribution is -0.130. The maximum absolute atomic E-state index is 12.6. The zero-order valence-corrected chi connectivity index (χ0v) is 13.4. The SMILES string of the molecule is CCCCC1NC(CC)N(CC2CCN(CC)C2)C1=O. The van der Waals surface area contributed by atoms with Crippen LogP contribution in [0.2, 0.25) is 0 Å². The largest absolute Gasteiger partial charge is 0.325 e. The fourth-order valence-electron chi connectivity index (χ4n) is 3.55. The molecule has 2 aliphatic heterocycles. The van der Waals surface area contributed by atoms with E-state index in [0.29, 0.717) is 11.8 Å². The highest BCUT2D eigenvalue weighted by Gasteiger charge is 2.38. The Bertz CT molecular complexity index is 321. The van der Waals surface area contributed by atoms with Crippen molar-refractivity contribution < 1.29 is 4.79 Å². The van der Waals surface area contributed by atoms with Gasteiger partial charge in [-0.1, -0.05) is 33.6 Å². The van der Waals surface area contributed by atoms with Gasteiger partial charge in [-0.25, -0.2) is 0 Å². The van der Waals surface area contributed by atoms with Gasteiger partial charge in [0.05, 0.1) is 12.2 Å². The van der Waals surface area contributed by atoms with Gasteiger partial charge in [-0.2, -0.15) is 0 Å². The Kier molecular flexibility index (Phi) is 5.85. The van der Waals surface area contributed by atoms with Crippen molar-refractivity contribution in [2.75, 3.05) is 26.2 Å². The van der Waals surface area contributed by atoms with Gasteiger partial charge in [0, 0.05) is 13.1 Å². The van der Waals surface area contributed by atoms with Crippen molar-refractivity contribution in [3.8, 4) is 0 Å². The molecule has 0 aliphatic carbocycles. The van der Waals surface area contributed by atoms with Crippen molar-refractivity contribution >= 4 is 5.91 Å². The molecule has 0 bridgehead atoms. The van der Waals surface area contributed by atoms with Crippen molar-refractivity contribution in [3.05, 3.63) is 0 Å². The summed E-state index contributed by atoms with van der Waals surface area (Å²) in [5.41, 5.74) is 0. The van der Waals surface area contributed by atoms with E-state index in [1.165, 1.54) is 13.0 Å². The predicted octanol–water partition coefficient (Wildman–Crippen LogP) is 2.05. The summed E-state index contributed by atoms with van der Waals surface area (Å²) in [6, 6.07) is 0.0728. The summed E-state index contributed by atoms with van der Waals surface area (Å²) in [5.74, 6) is 1.01. The minimum absolute atomic E-state index is 0.0728. The molecule has 0 saturated carbocycles. The number of likely N-dealkylation sites (tertiary alicyclic amines) is 1. The van der Waals surface area contributed by atoms with Crippen molar-refractivity contribution in [3.63, 3.8) is 0 Å². The van der Waals surface area contributed by atoms with Crippen LogP contribution in [0.3, 0.4) is 0 Å². The number of nitrogens with zero attached hydrogens (tertiary/aromatic N) is 2. The van der Waals surface area contributed by atoms with Gasteiger partial charge < -0.3 is 9.80 Å². The topological polar surface area (TPSA) is 35.6 Å². The van der Waals surface area contributed by atoms with Crippen LogP contribution in [0.4, 0.5) is 0 Å². The highest BCUT2D eigenvalue weighted by atomic mass is 16.2. The Hall–Kier alpha value is -0.610. The number of carbonyl (C=O) groups excluding carboxylic acids is 1. The Labute approximate surface area is 123 Å². The van der Waals surface area contributed by atoms with E-state index in [-0.39, 0.29) is 12.2 Å². The van der Waals surface area contributed by atoms with E-state index in [1.54, 1.807) is 0 Å². The molecule has 2 aliphatic rings. The second-order valence-corrected chi connectivity index (χ2v) is 6.32. The molecule has 3 atom stereocenters. The summed E-state index contributed by atoms with van der Waals surface area (Å²) < 4.78 is 0. The lowest BCUT2D eigenvalue weighted by Crippen LogP contribution is -2.40. The molecule has 0 radical (unpaired) electrons. The quantitative estimate of drug-likeness (QED) is 0.776. The second-order valence-electron chi connectivity index (χ2n) is 6.32. The van der Waals surface area contributed by atoms with Gasteiger partial charge in [-0.05, 0) is 38.3 Å². The first kappa shape index (κ1) is 15.8. The molecule has 4 heteroatoms. The summed E-state index contributed by atoms with van der Waals surface area (Å²) >= 11 is 0. The van der Waals surface area contributed by atoms with Gasteiger partial charge in [0.1, 0.15) is 0 Å². The molecule has 2 rings (SSSR count). The molecule has 2 heterocycles. The van der Waals surface area contributed by atoms with Gasteiger partial charge in [0.25, 0.3) is 0 Å². The standard InChI is InChI=1S/C16H31N3O/c1-4-7-8-14-16(20)19(15(5-2)17-14)12-13-9-10-18(6-3)11-13/h13-15,17H,4-12H2,1-3H3. The third kappa shape index (κ3) is 3.53. The molecule has 4 nitrogen and oxygen atoms in total. The third-order valence-electron chi connectivity index (χ3n) is 4.86. The molecule has 1 amide bonds. The Morgan fingerprint density at radius 3 is 2.70 bits per heavy atom. The number of hydrogen-bond acceptors (Lipinski definition) is 3. The van der Waals surface area contributed by atoms with E-state index in [2.05, 4.69) is 35.9 Å². The monoisotopic (exact) mass is 281 g/mol. The lowest BCUT2D eigenvalue weighted by Gasteiger charge is -2.26. The summed E-state index contributed by atoms with van der Waals surface area (Å²) in [6.45, 7) is 11.0. The van der Waals surface area contributed by atoms with Gasteiger partial charge in [0.15, 0.2) is 0 Å². The first-order chi connectivity index (χ1) is 9.69. The molecule has 2 saturated heterocycles. The molecule has 0 aromatic heterocycles. The maximum Gasteiger partial charge on any atom is 0.241 e. The number of hydrogen-bond donors (Lipinski definition) is 1. The first-order valence-corrected chi connectivity index (χ1v) is 8.48. The normalized spacial score (nSPS) is 31.4. The molecule has 1 N–H and O–H groups in total. The van der Waals surface area contributed by atoms with Crippen molar-refractivity contribution in [1.29, 1.82) is 0 Å². The first-order valence-electron chi connectivity index (χ1n) is 8.48. The van der Waals surface area contributed by atoms with Crippen molar-refractivity contribution in [2.24, 2.45) is 5.92 Å². The van der Waals surface area contributed by atoms with E-state index in [9.17, 15) is 4.79 Å². The minimum Gasteiger partial charge on any atom is -0.325 e. The number of rotatable bonds is 7. The van der Waals surface area contributed by atoms with Gasteiger partial charge in [-0.3, -0.25) is 10.1 Å². The van der Waals surface area contributed by atoms with Gasteiger partial charge >= 0.3 is 0 Å². The zero-order valence-electron chi connectivity index (χ0n) is 13.4. The van der Waals surface area contributed by atoms with Crippen LogP contribution < -0.4 is 5.32 Å². The fraction of sp³-hybridized carbons (Fsp3) is 0.938. The van der Waals surface area contributed by atoms with Gasteiger partial charge in [-0.15, -0.1) is 0 Å². The van der Waals surface area contributed by atoms with Crippen LogP contribution in [0.15, 0.2) is 0 Å². The van der Waals surface area contributed by atoms with Gasteiger partial charge in [0.2, 0.25) is 5.91 Å². The highest BCUT2D eigenvalue weighted by molar-refractivity contribution is 5.84. The molecular weight excluding hydrogens is 250 g/mol. The Morgan fingerprint density at radius 1 is 1.30 bits per heavy atom. The Morgan fingerprint density at radius 2 is 2.10 bits per heavy atom. The number of carbonyl (C=O) groups is 1. The predicted molar refractivity (Wildman–Crippen MR) is 82.5 cm³/mol. The molecular formula is C16H31N3O. The summed E-state index contributed by atoms with van der Waals surface area (Å²) in [5, 5.41) is 3.54. The molecule has 116 valence electrons. The van der Waals surface area contributed by atoms with E-state index in [1.807, 2.05) is 0 Å². The fourth-order valence-corrected chi connectivity index (χ4v) is 3.55. The lowest BCUT2D eigenvalue weighted by atomic mass is 10.1. The van der Waals surface area contributed by atoms with Crippen LogP contribution >= 0.6 is 0 Å². The number of nitrogens with one attached hydrogen (secondary N) is 1. The summed E-state index contributed by atoms with van der Waals surface area (Å²) in [4.78, 5) is 17.2. The van der Waals surface area contributed by atoms with Crippen LogP contribution in [0.5, 0.6) is 0 Å². The van der Waals surface area contributed by atoms with Crippen LogP contribution in [0.1, 0.15) is 52.9 Å². The van der Waals surface area contributed by atoms with E-state index >= 15 is 0 Å². The van der Waals surface area contributed by atoms with Crippen LogP contribution in [0, 0.1) is 5.92 Å². The molecule has 0 spiro atoms. The molecule has 0 aromatic carbocycles. The van der Waals surface area contributed by atoms with Crippen molar-refractivity contribution in [1.82, 2.24) is 15.1 Å². The van der Waals surface area contributed by atoms with Crippen LogP contribution in [-0.2, 0) is 4.79 Å². The van der Waals surface area contributed by atoms with E-state index in [4.69, 9.17) is 0 Å². The number of amides is 1. The minimum atomic E-state index is 0.0728. The molecule has 2 fully saturated rings. The smallest absolute Gasteiger partial charge is 0.241 e. The van der Waals surface area contributed by atoms with E-state index < -0.39 is 0 Å². The second kappa shape index (κ2) is 7.41. The molecule has 3 unspecified atom stereocenters. The van der Waals surface area contributed by atoms with Crippen molar-refractivity contribution in [2.45, 2.75) is 65.1 Å². The summed E-state index contributed by atoms with van der Waals surface area (Å²) in [6.07, 6.45) is 5.82. The highest BCUT2D eigenvalue weighted by Crippen LogP contribution is 2.23. The van der Waals surface area contributed by atoms with E-state index in [0.717, 1.165) is 45.3 Å². The number of unbranched alkanes of at least 4 members (excludes halogenated alkanes) is 1. The summed E-state index contributed by atoms with van der Waals surface area (Å²) in [7, 11) is 0. The van der Waals surface area contributed by atoms with Crippen LogP contribution in [0.25, 0.3) is 0 Å². The molecule has 0 aromatic rings. The maximum atomic E-state index is 12.6.